The van der Waals surface area contributed by atoms with E-state index >= 15 is 0 Å². The SMILES string of the molecule is CCCCNC1CCN(S(=O)(=O)c2sc(CNC(=O)c3ccccc3)cc2Cl)CC1. The van der Waals surface area contributed by atoms with Gasteiger partial charge in [0, 0.05) is 29.6 Å². The number of rotatable bonds is 9. The van der Waals surface area contributed by atoms with Crippen LogP contribution in [0.25, 0.3) is 0 Å². The average molecular weight is 470 g/mol. The highest BCUT2D eigenvalue weighted by Crippen LogP contribution is 2.34. The molecule has 0 radical (unpaired) electrons. The van der Waals surface area contributed by atoms with Crippen LogP contribution in [0.4, 0.5) is 0 Å². The molecule has 1 saturated heterocycles. The summed E-state index contributed by atoms with van der Waals surface area (Å²) in [5.41, 5.74) is 0.559. The van der Waals surface area contributed by atoms with E-state index in [4.69, 9.17) is 11.6 Å². The van der Waals surface area contributed by atoms with E-state index in [-0.39, 0.29) is 21.7 Å². The zero-order chi connectivity index (χ0) is 21.6. The number of benzene rings is 1. The van der Waals surface area contributed by atoms with Crippen molar-refractivity contribution in [1.29, 1.82) is 0 Å². The lowest BCUT2D eigenvalue weighted by molar-refractivity contribution is 0.0951. The quantitative estimate of drug-likeness (QED) is 0.546. The lowest BCUT2D eigenvalue weighted by atomic mass is 10.1. The maximum absolute atomic E-state index is 13.1. The van der Waals surface area contributed by atoms with Gasteiger partial charge in [0.1, 0.15) is 0 Å². The minimum atomic E-state index is -3.63. The van der Waals surface area contributed by atoms with Gasteiger partial charge in [0.05, 0.1) is 11.6 Å². The molecule has 6 nitrogen and oxygen atoms in total. The molecule has 1 aromatic carbocycles. The molecule has 1 fully saturated rings. The Morgan fingerprint density at radius 2 is 1.93 bits per heavy atom. The molecule has 1 aromatic heterocycles. The molecular formula is C21H28ClN3O3S2. The third-order valence-corrected chi connectivity index (χ3v) is 9.22. The van der Waals surface area contributed by atoms with Crippen LogP contribution in [-0.4, -0.2) is 44.3 Å². The summed E-state index contributed by atoms with van der Waals surface area (Å²) >= 11 is 7.40. The standard InChI is InChI=1S/C21H28ClN3O3S2/c1-2-3-11-23-17-9-12-25(13-10-17)30(27,28)21-19(22)14-18(29-21)15-24-20(26)16-7-5-4-6-8-16/h4-8,14,17,23H,2-3,9-13,15H2,1H3,(H,24,26). The molecule has 164 valence electrons. The van der Waals surface area contributed by atoms with Gasteiger partial charge in [-0.05, 0) is 44.0 Å². The molecule has 1 aliphatic heterocycles. The van der Waals surface area contributed by atoms with Gasteiger partial charge in [-0.1, -0.05) is 43.1 Å². The molecule has 2 aromatic rings. The predicted molar refractivity (Wildman–Crippen MR) is 122 cm³/mol. The van der Waals surface area contributed by atoms with E-state index < -0.39 is 10.0 Å². The van der Waals surface area contributed by atoms with Gasteiger partial charge in [0.15, 0.2) is 4.21 Å². The third-order valence-electron chi connectivity index (χ3n) is 5.16. The van der Waals surface area contributed by atoms with Crippen molar-refractivity contribution in [3.05, 3.63) is 51.9 Å². The second kappa shape index (κ2) is 10.7. The highest BCUT2D eigenvalue weighted by molar-refractivity contribution is 7.91. The normalized spacial score (nSPS) is 15.9. The Morgan fingerprint density at radius 1 is 1.23 bits per heavy atom. The van der Waals surface area contributed by atoms with Crippen molar-refractivity contribution in [3.8, 4) is 0 Å². The Labute approximate surface area is 187 Å². The number of sulfonamides is 1. The second-order valence-electron chi connectivity index (χ2n) is 7.38. The number of carbonyl (C=O) groups is 1. The molecule has 0 spiro atoms. The van der Waals surface area contributed by atoms with Crippen LogP contribution in [-0.2, 0) is 16.6 Å². The summed E-state index contributed by atoms with van der Waals surface area (Å²) in [6, 6.07) is 10.9. The van der Waals surface area contributed by atoms with Crippen LogP contribution < -0.4 is 10.6 Å². The van der Waals surface area contributed by atoms with Crippen LogP contribution in [0.2, 0.25) is 5.02 Å². The van der Waals surface area contributed by atoms with Gasteiger partial charge in [0.25, 0.3) is 15.9 Å². The van der Waals surface area contributed by atoms with Crippen molar-refractivity contribution in [2.75, 3.05) is 19.6 Å². The van der Waals surface area contributed by atoms with Crippen molar-refractivity contribution < 1.29 is 13.2 Å². The first kappa shape index (κ1) is 23.2. The Hall–Kier alpha value is -1.45. The molecule has 0 aliphatic carbocycles. The Morgan fingerprint density at radius 3 is 2.60 bits per heavy atom. The van der Waals surface area contributed by atoms with Crippen LogP contribution in [0.15, 0.2) is 40.6 Å². The summed E-state index contributed by atoms with van der Waals surface area (Å²) < 4.78 is 27.9. The number of hydrogen-bond acceptors (Lipinski definition) is 5. The lowest BCUT2D eigenvalue weighted by Crippen LogP contribution is -2.44. The number of carbonyl (C=O) groups excluding carboxylic acids is 1. The topological polar surface area (TPSA) is 78.5 Å². The Kier molecular flexibility index (Phi) is 8.30. The largest absolute Gasteiger partial charge is 0.347 e. The number of nitrogens with one attached hydrogen (secondary N) is 2. The highest BCUT2D eigenvalue weighted by Gasteiger charge is 2.32. The molecule has 0 unspecified atom stereocenters. The zero-order valence-electron chi connectivity index (χ0n) is 17.1. The van der Waals surface area contributed by atoms with E-state index in [0.717, 1.165) is 43.6 Å². The summed E-state index contributed by atoms with van der Waals surface area (Å²) in [4.78, 5) is 12.9. The number of nitrogens with zero attached hydrogens (tertiary/aromatic N) is 1. The number of thiophene rings is 1. The minimum Gasteiger partial charge on any atom is -0.347 e. The van der Waals surface area contributed by atoms with E-state index in [1.54, 1.807) is 30.3 Å². The molecule has 0 bridgehead atoms. The third kappa shape index (κ3) is 5.82. The predicted octanol–water partition coefficient (Wildman–Crippen LogP) is 3.87. The molecule has 3 rings (SSSR count). The number of amides is 1. The molecule has 2 N–H and O–H groups in total. The summed E-state index contributed by atoms with van der Waals surface area (Å²) in [7, 11) is -3.63. The van der Waals surface area contributed by atoms with E-state index in [2.05, 4.69) is 17.6 Å². The molecule has 0 atom stereocenters. The first-order valence-electron chi connectivity index (χ1n) is 10.3. The van der Waals surface area contributed by atoms with Crippen molar-refractivity contribution in [2.24, 2.45) is 0 Å². The van der Waals surface area contributed by atoms with Gasteiger partial charge in [-0.3, -0.25) is 4.79 Å². The maximum Gasteiger partial charge on any atom is 0.254 e. The first-order valence-corrected chi connectivity index (χ1v) is 12.9. The molecule has 2 heterocycles. The summed E-state index contributed by atoms with van der Waals surface area (Å²) in [6.07, 6.45) is 3.87. The summed E-state index contributed by atoms with van der Waals surface area (Å²) in [5.74, 6) is -0.206. The van der Waals surface area contributed by atoms with Gasteiger partial charge < -0.3 is 10.6 Å². The van der Waals surface area contributed by atoms with E-state index in [0.29, 0.717) is 29.6 Å². The van der Waals surface area contributed by atoms with Crippen LogP contribution >= 0.6 is 22.9 Å². The molecule has 0 saturated carbocycles. The van der Waals surface area contributed by atoms with Gasteiger partial charge in [-0.25, -0.2) is 8.42 Å². The summed E-state index contributed by atoms with van der Waals surface area (Å²) in [6.45, 7) is 4.34. The first-order chi connectivity index (χ1) is 14.4. The van der Waals surface area contributed by atoms with Gasteiger partial charge >= 0.3 is 0 Å². The van der Waals surface area contributed by atoms with Crippen LogP contribution in [0.1, 0.15) is 47.8 Å². The van der Waals surface area contributed by atoms with E-state index in [9.17, 15) is 13.2 Å². The highest BCUT2D eigenvalue weighted by atomic mass is 35.5. The van der Waals surface area contributed by atoms with Crippen molar-refractivity contribution in [3.63, 3.8) is 0 Å². The maximum atomic E-state index is 13.1. The van der Waals surface area contributed by atoms with Crippen molar-refractivity contribution in [1.82, 2.24) is 14.9 Å². The monoisotopic (exact) mass is 469 g/mol. The fourth-order valence-corrected chi connectivity index (χ4v) is 7.03. The van der Waals surface area contributed by atoms with Gasteiger partial charge in [0.2, 0.25) is 0 Å². The zero-order valence-corrected chi connectivity index (χ0v) is 19.5. The molecule has 30 heavy (non-hydrogen) atoms. The second-order valence-corrected chi connectivity index (χ2v) is 11.1. The number of hydrogen-bond donors (Lipinski definition) is 2. The van der Waals surface area contributed by atoms with Crippen LogP contribution in [0.5, 0.6) is 0 Å². The molecule has 1 aliphatic rings. The van der Waals surface area contributed by atoms with Crippen molar-refractivity contribution in [2.45, 2.75) is 49.4 Å². The number of unbranched alkanes of at least 4 members (excludes halogenated alkanes) is 1. The number of piperidine rings is 1. The minimum absolute atomic E-state index is 0.158. The fraction of sp³-hybridized carbons (Fsp3) is 0.476. The van der Waals surface area contributed by atoms with Crippen molar-refractivity contribution >= 4 is 38.9 Å². The number of halogens is 1. The molecule has 9 heteroatoms. The Balaban J connectivity index is 1.59. The van der Waals surface area contributed by atoms with Crippen LogP contribution in [0.3, 0.4) is 0 Å². The fourth-order valence-electron chi connectivity index (χ4n) is 3.42. The lowest BCUT2D eigenvalue weighted by Gasteiger charge is -2.31. The Bertz CT molecular complexity index is 940. The average Bonchev–Trinajstić information content (AvgIpc) is 3.14. The van der Waals surface area contributed by atoms with Gasteiger partial charge in [-0.15, -0.1) is 11.3 Å². The van der Waals surface area contributed by atoms with Gasteiger partial charge in [-0.2, -0.15) is 4.31 Å². The smallest absolute Gasteiger partial charge is 0.254 e. The van der Waals surface area contributed by atoms with E-state index in [1.807, 2.05) is 6.07 Å². The van der Waals surface area contributed by atoms with Crippen LogP contribution in [0, 0.1) is 0 Å². The summed E-state index contributed by atoms with van der Waals surface area (Å²) in [5, 5.41) is 6.53. The van der Waals surface area contributed by atoms with E-state index in [1.165, 1.54) is 4.31 Å². The molecule has 1 amide bonds. The molecular weight excluding hydrogens is 442 g/mol.